The number of nitrogens with zero attached hydrogens (tertiary/aromatic N) is 4. The van der Waals surface area contributed by atoms with E-state index in [-0.39, 0.29) is 29.3 Å². The van der Waals surface area contributed by atoms with Crippen molar-refractivity contribution in [2.45, 2.75) is 146 Å². The maximum Gasteiger partial charge on any atom is 0.459 e. The van der Waals surface area contributed by atoms with Gasteiger partial charge in [0.2, 0.25) is 11.5 Å². The molecule has 4 N–H and O–H groups in total. The fraction of sp³-hybridized carbons (Fsp3) is 0.615. The van der Waals surface area contributed by atoms with Crippen molar-refractivity contribution < 1.29 is 42.9 Å². The lowest BCUT2D eigenvalue weighted by Gasteiger charge is -2.29. The topological polar surface area (TPSA) is 207 Å². The number of ether oxygens (including phenoxy) is 2. The molecular formula is C39H55N6O9P. The van der Waals surface area contributed by atoms with Crippen LogP contribution in [-0.2, 0) is 28.2 Å². The molecule has 0 radical (unpaired) electrons. The van der Waals surface area contributed by atoms with Gasteiger partial charge in [-0.05, 0) is 63.3 Å². The molecule has 1 saturated heterocycles. The number of carbonyl (C=O) groups is 2. The predicted molar refractivity (Wildman–Crippen MR) is 204 cm³/mol. The number of benzene rings is 1. The van der Waals surface area contributed by atoms with Crippen LogP contribution < -0.4 is 14.9 Å². The lowest BCUT2D eigenvalue weighted by Crippen LogP contribution is -2.46. The number of hydrogen-bond acceptors (Lipinski definition) is 12. The second kappa shape index (κ2) is 20.3. The van der Waals surface area contributed by atoms with E-state index >= 15 is 0 Å². The zero-order valence-electron chi connectivity index (χ0n) is 31.8. The van der Waals surface area contributed by atoms with E-state index in [1.165, 1.54) is 68.4 Å². The van der Waals surface area contributed by atoms with Crippen molar-refractivity contribution in [3.63, 3.8) is 0 Å². The van der Waals surface area contributed by atoms with Crippen molar-refractivity contribution in [2.24, 2.45) is 0 Å². The molecule has 1 amide bonds. The average molecular weight is 783 g/mol. The van der Waals surface area contributed by atoms with Gasteiger partial charge in [0.25, 0.3) is 0 Å². The molecule has 5 rings (SSSR count). The molecule has 1 saturated carbocycles. The Bertz CT molecular complexity index is 1780. The molecule has 3 heterocycles. The number of anilines is 1. The molecule has 2 aliphatic rings. The van der Waals surface area contributed by atoms with Crippen molar-refractivity contribution in [2.75, 3.05) is 11.9 Å². The van der Waals surface area contributed by atoms with Crippen LogP contribution in [0, 0.1) is 11.3 Å². The van der Waals surface area contributed by atoms with Gasteiger partial charge in [0.1, 0.15) is 60.7 Å². The molecule has 0 unspecified atom stereocenters. The first-order valence-corrected chi connectivity index (χ1v) is 21.2. The molecule has 55 heavy (non-hydrogen) atoms. The number of hydrogen-bond donors (Lipinski definition) is 4. The van der Waals surface area contributed by atoms with Gasteiger partial charge in [-0.2, -0.15) is 15.4 Å². The first kappa shape index (κ1) is 42.2. The van der Waals surface area contributed by atoms with Crippen LogP contribution >= 0.6 is 7.75 Å². The van der Waals surface area contributed by atoms with E-state index in [0.717, 1.165) is 51.4 Å². The van der Waals surface area contributed by atoms with E-state index in [9.17, 15) is 29.6 Å². The monoisotopic (exact) mass is 782 g/mol. The van der Waals surface area contributed by atoms with Crippen molar-refractivity contribution in [1.29, 1.82) is 5.26 Å². The molecule has 6 atom stereocenters. The molecule has 1 aliphatic carbocycles. The van der Waals surface area contributed by atoms with Gasteiger partial charge in [0, 0.05) is 6.42 Å². The molecule has 0 spiro atoms. The molecule has 2 aromatic heterocycles. The number of carbonyl (C=O) groups excluding carboxylic acids is 2. The number of rotatable bonds is 21. The Labute approximate surface area is 322 Å². The first-order chi connectivity index (χ1) is 26.6. The van der Waals surface area contributed by atoms with Crippen molar-refractivity contribution in [3.8, 4) is 11.8 Å². The molecular weight excluding hydrogens is 727 g/mol. The summed E-state index contributed by atoms with van der Waals surface area (Å²) >= 11 is 0. The standard InChI is InChI=1S/C39H55N6O9P/c1-3-4-5-6-7-8-9-10-17-22-33(46)43-37-32-24-23-31(45(32)42-27-41-37)35-34(47)36(48)39(25-40,53-35)26-51-55(50,54-30-20-15-12-16-21-30)44-28(2)38(49)52-29-18-13-11-14-19-29/h12,15-16,20-21,23-24,27-29,34-36,47-48H,3-11,13-14,17-19,22,26H2,1-2H3,(H,44,50)(H,41,42,43,46)/t28-,34-,35-,36-,39+,55-/m0/s1. The number of aliphatic hydroxyl groups is 2. The lowest BCUT2D eigenvalue weighted by molar-refractivity contribution is -0.152. The smallest absolute Gasteiger partial charge is 0.459 e. The van der Waals surface area contributed by atoms with Crippen molar-refractivity contribution in [3.05, 3.63) is 54.5 Å². The SMILES string of the molecule is CCCCCCCCCCCC(=O)Nc1ncnn2c([C@@H]3O[C@](C#N)(CO[P@@](=O)(N[C@@H](C)C(=O)OC4CCCCC4)Oc4ccccc4)[C@@H](O)[C@H]3O)ccc12. The minimum atomic E-state index is -4.46. The van der Waals surface area contributed by atoms with Crippen LogP contribution in [0.5, 0.6) is 5.75 Å². The van der Waals surface area contributed by atoms with Crippen LogP contribution in [0.25, 0.3) is 5.52 Å². The van der Waals surface area contributed by atoms with E-state index < -0.39 is 50.3 Å². The molecule has 300 valence electrons. The van der Waals surface area contributed by atoms with Crippen LogP contribution in [0.1, 0.15) is 122 Å². The molecule has 1 aliphatic heterocycles. The minimum absolute atomic E-state index is 0.151. The number of esters is 1. The average Bonchev–Trinajstić information content (AvgIpc) is 3.73. The Morgan fingerprint density at radius 1 is 1.04 bits per heavy atom. The summed E-state index contributed by atoms with van der Waals surface area (Å²) in [6.07, 6.45) is 11.3. The summed E-state index contributed by atoms with van der Waals surface area (Å²) in [4.78, 5) is 30.1. The number of nitrogens with one attached hydrogen (secondary N) is 2. The van der Waals surface area contributed by atoms with Crippen LogP contribution in [0.3, 0.4) is 0 Å². The molecule has 1 aromatic carbocycles. The van der Waals surface area contributed by atoms with Gasteiger partial charge in [0.15, 0.2) is 5.82 Å². The van der Waals surface area contributed by atoms with Gasteiger partial charge in [-0.1, -0.05) is 82.9 Å². The Morgan fingerprint density at radius 3 is 2.42 bits per heavy atom. The molecule has 0 bridgehead atoms. The molecule has 15 nitrogen and oxygen atoms in total. The van der Waals surface area contributed by atoms with Gasteiger partial charge < -0.3 is 29.5 Å². The van der Waals surface area contributed by atoms with Gasteiger partial charge in [-0.15, -0.1) is 0 Å². The predicted octanol–water partition coefficient (Wildman–Crippen LogP) is 6.70. The van der Waals surface area contributed by atoms with Crippen LogP contribution in [0.15, 0.2) is 48.8 Å². The van der Waals surface area contributed by atoms with E-state index in [0.29, 0.717) is 11.9 Å². The van der Waals surface area contributed by atoms with Crippen LogP contribution in [0.4, 0.5) is 5.82 Å². The third-order valence-electron chi connectivity index (χ3n) is 10.1. The highest BCUT2D eigenvalue weighted by atomic mass is 31.2. The van der Waals surface area contributed by atoms with Gasteiger partial charge in [0.05, 0.1) is 5.69 Å². The Balaban J connectivity index is 1.24. The van der Waals surface area contributed by atoms with Crippen molar-refractivity contribution in [1.82, 2.24) is 19.7 Å². The largest absolute Gasteiger partial charge is 0.461 e. The third-order valence-corrected chi connectivity index (χ3v) is 11.8. The number of unbranched alkanes of at least 4 members (excludes halogenated alkanes) is 8. The second-order valence-corrected chi connectivity index (χ2v) is 16.2. The Kier molecular flexibility index (Phi) is 15.6. The normalized spacial score (nSPS) is 23.1. The summed E-state index contributed by atoms with van der Waals surface area (Å²) in [7, 11) is -4.46. The number of amides is 1. The Hall–Kier alpha value is -3.90. The second-order valence-electron chi connectivity index (χ2n) is 14.5. The maximum atomic E-state index is 14.2. The number of nitriles is 1. The summed E-state index contributed by atoms with van der Waals surface area (Å²) in [6.45, 7) is 2.85. The minimum Gasteiger partial charge on any atom is -0.461 e. The van der Waals surface area contributed by atoms with Gasteiger partial charge >= 0.3 is 13.7 Å². The van der Waals surface area contributed by atoms with E-state index in [2.05, 4.69) is 27.4 Å². The Morgan fingerprint density at radius 2 is 1.73 bits per heavy atom. The van der Waals surface area contributed by atoms with Crippen LogP contribution in [0.2, 0.25) is 0 Å². The van der Waals surface area contributed by atoms with Gasteiger partial charge in [-0.25, -0.2) is 14.1 Å². The third kappa shape index (κ3) is 11.3. The molecule has 3 aromatic rings. The van der Waals surface area contributed by atoms with Crippen LogP contribution in [-0.4, -0.2) is 73.2 Å². The molecule has 2 fully saturated rings. The number of para-hydroxylation sites is 1. The fourth-order valence-corrected chi connectivity index (χ4v) is 8.49. The summed E-state index contributed by atoms with van der Waals surface area (Å²) in [6, 6.07) is 12.1. The fourth-order valence-electron chi connectivity index (χ4n) is 6.97. The summed E-state index contributed by atoms with van der Waals surface area (Å²) in [5.74, 6) is -0.423. The lowest BCUT2D eigenvalue weighted by atomic mass is 9.96. The molecule has 16 heteroatoms. The highest BCUT2D eigenvalue weighted by Gasteiger charge is 2.57. The highest BCUT2D eigenvalue weighted by Crippen LogP contribution is 2.48. The zero-order chi connectivity index (χ0) is 39.3. The van der Waals surface area contributed by atoms with E-state index in [4.69, 9.17) is 18.5 Å². The van der Waals surface area contributed by atoms with E-state index in [1.807, 2.05) is 6.07 Å². The summed E-state index contributed by atoms with van der Waals surface area (Å²) in [5.41, 5.74) is -1.55. The zero-order valence-corrected chi connectivity index (χ0v) is 32.7. The summed E-state index contributed by atoms with van der Waals surface area (Å²) in [5, 5.41) is 42.6. The van der Waals surface area contributed by atoms with E-state index in [1.54, 1.807) is 30.3 Å². The highest BCUT2D eigenvalue weighted by molar-refractivity contribution is 7.52. The number of aromatic nitrogens is 3. The first-order valence-electron chi connectivity index (χ1n) is 19.6. The van der Waals surface area contributed by atoms with Crippen molar-refractivity contribution >= 4 is 31.0 Å². The number of aliphatic hydroxyl groups excluding tert-OH is 2. The summed E-state index contributed by atoms with van der Waals surface area (Å²) < 4.78 is 38.8. The van der Waals surface area contributed by atoms with Gasteiger partial charge in [-0.3, -0.25) is 14.1 Å². The maximum absolute atomic E-state index is 14.2. The quantitative estimate of drug-likeness (QED) is 0.0505. The number of fused-ring (bicyclic) bond motifs is 1.